The Labute approximate surface area is 127 Å². The maximum atomic E-state index is 12.4. The van der Waals surface area contributed by atoms with Crippen LogP contribution in [0.4, 0.5) is 0 Å². The summed E-state index contributed by atoms with van der Waals surface area (Å²) in [6, 6.07) is 3.91. The summed E-state index contributed by atoms with van der Waals surface area (Å²) in [6.07, 6.45) is 4.49. The zero-order chi connectivity index (χ0) is 15.0. The quantitative estimate of drug-likeness (QED) is 0.809. The van der Waals surface area contributed by atoms with Crippen LogP contribution in [0.25, 0.3) is 0 Å². The van der Waals surface area contributed by atoms with Crippen molar-refractivity contribution in [2.45, 2.75) is 50.3 Å². The third-order valence-electron chi connectivity index (χ3n) is 4.70. The molecule has 0 spiro atoms. The Morgan fingerprint density at radius 1 is 1.33 bits per heavy atom. The van der Waals surface area contributed by atoms with E-state index in [0.717, 1.165) is 24.5 Å². The van der Waals surface area contributed by atoms with Crippen molar-refractivity contribution in [3.05, 3.63) is 17.9 Å². The van der Waals surface area contributed by atoms with Gasteiger partial charge in [-0.15, -0.1) is 0 Å². The normalized spacial score (nSPS) is 22.0. The van der Waals surface area contributed by atoms with Gasteiger partial charge in [-0.05, 0) is 57.7 Å². The fourth-order valence-corrected chi connectivity index (χ4v) is 4.41. The van der Waals surface area contributed by atoms with Gasteiger partial charge in [0, 0.05) is 19.1 Å². The molecule has 21 heavy (non-hydrogen) atoms. The van der Waals surface area contributed by atoms with Gasteiger partial charge < -0.3 is 4.42 Å². The summed E-state index contributed by atoms with van der Waals surface area (Å²) in [6.45, 7) is 4.10. The third kappa shape index (κ3) is 3.17. The molecule has 3 rings (SSSR count). The molecule has 0 aromatic carbocycles. The van der Waals surface area contributed by atoms with E-state index in [4.69, 9.17) is 4.42 Å². The second kappa shape index (κ2) is 5.74. The lowest BCUT2D eigenvalue weighted by Crippen LogP contribution is -2.30. The van der Waals surface area contributed by atoms with E-state index in [1.807, 2.05) is 0 Å². The molecule has 0 bridgehead atoms. The van der Waals surface area contributed by atoms with Crippen LogP contribution in [0.15, 0.2) is 21.6 Å². The van der Waals surface area contributed by atoms with Gasteiger partial charge in [0.15, 0.2) is 0 Å². The van der Waals surface area contributed by atoms with Crippen LogP contribution in [0.5, 0.6) is 0 Å². The van der Waals surface area contributed by atoms with Gasteiger partial charge >= 0.3 is 0 Å². The second-order valence-corrected chi connectivity index (χ2v) is 8.19. The molecule has 0 N–H and O–H groups in total. The minimum Gasteiger partial charge on any atom is -0.447 e. The van der Waals surface area contributed by atoms with Crippen LogP contribution in [-0.4, -0.2) is 43.8 Å². The summed E-state index contributed by atoms with van der Waals surface area (Å²) in [4.78, 5) is 2.24. The first kappa shape index (κ1) is 15.1. The highest BCUT2D eigenvalue weighted by Gasteiger charge is 2.32. The van der Waals surface area contributed by atoms with E-state index >= 15 is 0 Å². The molecule has 1 aliphatic heterocycles. The Kier molecular flexibility index (Phi) is 4.12. The van der Waals surface area contributed by atoms with Crippen LogP contribution >= 0.6 is 0 Å². The summed E-state index contributed by atoms with van der Waals surface area (Å²) in [5, 5.41) is 0.0897. The summed E-state index contributed by atoms with van der Waals surface area (Å²) >= 11 is 0. The highest BCUT2D eigenvalue weighted by Crippen LogP contribution is 2.35. The molecule has 1 aromatic heterocycles. The topological polar surface area (TPSA) is 53.8 Å². The molecular formula is C15H24N2O3S. The number of rotatable bonds is 6. The Morgan fingerprint density at radius 3 is 2.62 bits per heavy atom. The lowest BCUT2D eigenvalue weighted by molar-refractivity contribution is 0.204. The van der Waals surface area contributed by atoms with E-state index in [-0.39, 0.29) is 5.09 Å². The summed E-state index contributed by atoms with van der Waals surface area (Å²) in [5.74, 6) is 1.51. The Morgan fingerprint density at radius 2 is 2.00 bits per heavy atom. The SMILES string of the molecule is CC(C1CC1)N(C)Cc1ccc(S(=O)(=O)N2CCCC2)o1. The van der Waals surface area contributed by atoms with Crippen molar-refractivity contribution in [3.8, 4) is 0 Å². The summed E-state index contributed by atoms with van der Waals surface area (Å²) in [5.41, 5.74) is 0. The van der Waals surface area contributed by atoms with Crippen molar-refractivity contribution >= 4 is 10.0 Å². The van der Waals surface area contributed by atoms with Gasteiger partial charge in [-0.2, -0.15) is 4.31 Å². The zero-order valence-electron chi connectivity index (χ0n) is 12.8. The average Bonchev–Trinajstić information content (AvgIpc) is 2.94. The van der Waals surface area contributed by atoms with Crippen LogP contribution in [0.2, 0.25) is 0 Å². The fraction of sp³-hybridized carbons (Fsp3) is 0.733. The number of furan rings is 1. The minimum absolute atomic E-state index is 0.0897. The first-order chi connectivity index (χ1) is 9.98. The molecule has 0 amide bonds. The van der Waals surface area contributed by atoms with Crippen LogP contribution in [0.1, 0.15) is 38.4 Å². The van der Waals surface area contributed by atoms with E-state index in [2.05, 4.69) is 18.9 Å². The summed E-state index contributed by atoms with van der Waals surface area (Å²) in [7, 11) is -1.36. The van der Waals surface area contributed by atoms with Crippen molar-refractivity contribution in [2.24, 2.45) is 5.92 Å². The standard InChI is InChI=1S/C15H24N2O3S/c1-12(13-5-6-13)16(2)11-14-7-8-15(20-14)21(18,19)17-9-3-4-10-17/h7-8,12-13H,3-6,9-11H2,1-2H3. The first-order valence-electron chi connectivity index (χ1n) is 7.77. The van der Waals surface area contributed by atoms with Gasteiger partial charge in [0.05, 0.1) is 6.54 Å². The Bertz CT molecular complexity index is 586. The van der Waals surface area contributed by atoms with Gasteiger partial charge in [-0.3, -0.25) is 4.90 Å². The predicted octanol–water partition coefficient (Wildman–Crippen LogP) is 2.29. The highest BCUT2D eigenvalue weighted by atomic mass is 32.2. The molecule has 118 valence electrons. The number of nitrogens with zero attached hydrogens (tertiary/aromatic N) is 2. The smallest absolute Gasteiger partial charge is 0.276 e. The van der Waals surface area contributed by atoms with Crippen molar-refractivity contribution < 1.29 is 12.8 Å². The maximum Gasteiger partial charge on any atom is 0.276 e. The van der Waals surface area contributed by atoms with E-state index in [1.165, 1.54) is 17.1 Å². The maximum absolute atomic E-state index is 12.4. The molecule has 5 nitrogen and oxygen atoms in total. The fourth-order valence-electron chi connectivity index (χ4n) is 2.97. The minimum atomic E-state index is -3.43. The first-order valence-corrected chi connectivity index (χ1v) is 9.21. The van der Waals surface area contributed by atoms with Gasteiger partial charge in [0.25, 0.3) is 10.0 Å². The van der Waals surface area contributed by atoms with Gasteiger partial charge in [0.2, 0.25) is 5.09 Å². The molecule has 1 atom stereocenters. The average molecular weight is 312 g/mol. The van der Waals surface area contributed by atoms with E-state index in [1.54, 1.807) is 12.1 Å². The van der Waals surface area contributed by atoms with Crippen molar-refractivity contribution in [1.82, 2.24) is 9.21 Å². The molecule has 2 fully saturated rings. The van der Waals surface area contributed by atoms with Crippen LogP contribution in [-0.2, 0) is 16.6 Å². The molecule has 1 aromatic rings. The molecule has 0 radical (unpaired) electrons. The molecule has 1 aliphatic carbocycles. The Balaban J connectivity index is 1.68. The van der Waals surface area contributed by atoms with E-state index < -0.39 is 10.0 Å². The van der Waals surface area contributed by atoms with E-state index in [9.17, 15) is 8.42 Å². The lowest BCUT2D eigenvalue weighted by Gasteiger charge is -2.23. The molecular weight excluding hydrogens is 288 g/mol. The molecule has 6 heteroatoms. The number of hydrogen-bond acceptors (Lipinski definition) is 4. The Hall–Kier alpha value is -0.850. The van der Waals surface area contributed by atoms with Crippen molar-refractivity contribution in [3.63, 3.8) is 0 Å². The molecule has 1 saturated heterocycles. The van der Waals surface area contributed by atoms with Crippen LogP contribution in [0, 0.1) is 5.92 Å². The highest BCUT2D eigenvalue weighted by molar-refractivity contribution is 7.89. The number of sulfonamides is 1. The lowest BCUT2D eigenvalue weighted by atomic mass is 10.2. The molecule has 1 unspecified atom stereocenters. The van der Waals surface area contributed by atoms with Gasteiger partial charge in [-0.25, -0.2) is 8.42 Å². The molecule has 2 aliphatic rings. The van der Waals surface area contributed by atoms with Crippen LogP contribution in [0.3, 0.4) is 0 Å². The van der Waals surface area contributed by atoms with Gasteiger partial charge in [-0.1, -0.05) is 0 Å². The largest absolute Gasteiger partial charge is 0.447 e. The second-order valence-electron chi connectivity index (χ2n) is 6.33. The monoisotopic (exact) mass is 312 g/mol. The van der Waals surface area contributed by atoms with Crippen molar-refractivity contribution in [1.29, 1.82) is 0 Å². The summed E-state index contributed by atoms with van der Waals surface area (Å²) < 4.78 is 31.9. The van der Waals surface area contributed by atoms with Crippen molar-refractivity contribution in [2.75, 3.05) is 20.1 Å². The molecule has 2 heterocycles. The van der Waals surface area contributed by atoms with E-state index in [0.29, 0.717) is 25.7 Å². The van der Waals surface area contributed by atoms with Gasteiger partial charge in [0.1, 0.15) is 5.76 Å². The third-order valence-corrected chi connectivity index (χ3v) is 6.47. The zero-order valence-corrected chi connectivity index (χ0v) is 13.6. The number of hydrogen-bond donors (Lipinski definition) is 0. The molecule has 1 saturated carbocycles. The van der Waals surface area contributed by atoms with Crippen LogP contribution < -0.4 is 0 Å². The predicted molar refractivity (Wildman–Crippen MR) is 80.4 cm³/mol.